The molecular formula is C16H26N2O. The largest absolute Gasteiger partial charge is 0.371 e. The van der Waals surface area contributed by atoms with Crippen LogP contribution in [0.25, 0.3) is 0 Å². The third kappa shape index (κ3) is 5.33. The average molecular weight is 262 g/mol. The van der Waals surface area contributed by atoms with Gasteiger partial charge in [-0.1, -0.05) is 57.2 Å². The van der Waals surface area contributed by atoms with E-state index >= 15 is 0 Å². The molecule has 0 aliphatic rings. The Morgan fingerprint density at radius 3 is 2.37 bits per heavy atom. The summed E-state index contributed by atoms with van der Waals surface area (Å²) in [4.78, 5) is 11.7. The molecule has 0 saturated heterocycles. The molecule has 0 fully saturated rings. The Morgan fingerprint density at radius 2 is 1.79 bits per heavy atom. The Labute approximate surface area is 116 Å². The van der Waals surface area contributed by atoms with Gasteiger partial charge in [0.05, 0.1) is 0 Å². The summed E-state index contributed by atoms with van der Waals surface area (Å²) in [6.45, 7) is 4.09. The van der Waals surface area contributed by atoms with Crippen LogP contribution in [0.1, 0.15) is 52.4 Å². The fourth-order valence-corrected chi connectivity index (χ4v) is 2.17. The standard InChI is InChI=1S/C16H26N2O/c1-3-4-5-6-10-13-16(2,15(17)19)18-14-11-8-7-9-12-14/h7-9,11-12,18H,3-6,10,13H2,1-2H3,(H2,17,19). The first-order valence-electron chi connectivity index (χ1n) is 7.21. The maximum Gasteiger partial charge on any atom is 0.242 e. The van der Waals surface area contributed by atoms with E-state index < -0.39 is 5.54 Å². The van der Waals surface area contributed by atoms with E-state index in [-0.39, 0.29) is 5.91 Å². The fourth-order valence-electron chi connectivity index (χ4n) is 2.17. The second-order valence-corrected chi connectivity index (χ2v) is 5.35. The summed E-state index contributed by atoms with van der Waals surface area (Å²) in [5.41, 5.74) is 5.84. The van der Waals surface area contributed by atoms with E-state index in [0.29, 0.717) is 0 Å². The molecule has 3 nitrogen and oxygen atoms in total. The van der Waals surface area contributed by atoms with Crippen molar-refractivity contribution >= 4 is 11.6 Å². The van der Waals surface area contributed by atoms with Gasteiger partial charge in [0.2, 0.25) is 5.91 Å². The monoisotopic (exact) mass is 262 g/mol. The third-order valence-corrected chi connectivity index (χ3v) is 3.52. The summed E-state index contributed by atoms with van der Waals surface area (Å²) in [5, 5.41) is 3.27. The molecule has 3 heteroatoms. The highest BCUT2D eigenvalue weighted by molar-refractivity contribution is 5.87. The van der Waals surface area contributed by atoms with E-state index in [1.807, 2.05) is 37.3 Å². The second-order valence-electron chi connectivity index (χ2n) is 5.35. The lowest BCUT2D eigenvalue weighted by Gasteiger charge is -2.28. The van der Waals surface area contributed by atoms with Crippen molar-refractivity contribution in [1.29, 1.82) is 0 Å². The van der Waals surface area contributed by atoms with Crippen molar-refractivity contribution in [3.8, 4) is 0 Å². The molecule has 0 aliphatic heterocycles. The zero-order chi connectivity index (χ0) is 14.1. The van der Waals surface area contributed by atoms with E-state index in [0.717, 1.165) is 24.9 Å². The summed E-state index contributed by atoms with van der Waals surface area (Å²) in [5.74, 6) is -0.285. The van der Waals surface area contributed by atoms with Gasteiger partial charge in [0.1, 0.15) is 5.54 Å². The van der Waals surface area contributed by atoms with Gasteiger partial charge in [-0.2, -0.15) is 0 Å². The van der Waals surface area contributed by atoms with Gasteiger partial charge in [-0.25, -0.2) is 0 Å². The van der Waals surface area contributed by atoms with Crippen molar-refractivity contribution in [3.63, 3.8) is 0 Å². The smallest absolute Gasteiger partial charge is 0.242 e. The molecule has 1 aromatic rings. The van der Waals surface area contributed by atoms with Gasteiger partial charge in [-0.05, 0) is 25.5 Å². The Kier molecular flexibility index (Phi) is 6.40. The van der Waals surface area contributed by atoms with Gasteiger partial charge in [0.15, 0.2) is 0 Å². The number of amides is 1. The molecular weight excluding hydrogens is 236 g/mol. The van der Waals surface area contributed by atoms with Crippen molar-refractivity contribution in [2.24, 2.45) is 5.73 Å². The van der Waals surface area contributed by atoms with E-state index in [9.17, 15) is 4.79 Å². The van der Waals surface area contributed by atoms with E-state index in [1.54, 1.807) is 0 Å². The highest BCUT2D eigenvalue weighted by Crippen LogP contribution is 2.21. The number of para-hydroxylation sites is 1. The van der Waals surface area contributed by atoms with Gasteiger partial charge in [-0.3, -0.25) is 4.79 Å². The Balaban J connectivity index is 2.52. The average Bonchev–Trinajstić information content (AvgIpc) is 2.39. The molecule has 0 heterocycles. The van der Waals surface area contributed by atoms with Gasteiger partial charge >= 0.3 is 0 Å². The number of rotatable bonds is 9. The third-order valence-electron chi connectivity index (χ3n) is 3.52. The second kappa shape index (κ2) is 7.82. The highest BCUT2D eigenvalue weighted by atomic mass is 16.1. The number of hydrogen-bond acceptors (Lipinski definition) is 2. The summed E-state index contributed by atoms with van der Waals surface area (Å²) in [6.07, 6.45) is 6.69. The molecule has 1 amide bonds. The number of primary amides is 1. The Morgan fingerprint density at radius 1 is 1.16 bits per heavy atom. The summed E-state index contributed by atoms with van der Waals surface area (Å²) in [6, 6.07) is 9.77. The van der Waals surface area contributed by atoms with Crippen LogP contribution < -0.4 is 11.1 Å². The molecule has 1 atom stereocenters. The number of benzene rings is 1. The van der Waals surface area contributed by atoms with Crippen LogP contribution in [-0.2, 0) is 4.79 Å². The van der Waals surface area contributed by atoms with Crippen LogP contribution >= 0.6 is 0 Å². The molecule has 1 rings (SSSR count). The molecule has 0 saturated carbocycles. The van der Waals surface area contributed by atoms with E-state index in [2.05, 4.69) is 12.2 Å². The summed E-state index contributed by atoms with van der Waals surface area (Å²) >= 11 is 0. The topological polar surface area (TPSA) is 55.1 Å². The van der Waals surface area contributed by atoms with Gasteiger partial charge in [0.25, 0.3) is 0 Å². The van der Waals surface area contributed by atoms with Crippen LogP contribution in [-0.4, -0.2) is 11.4 Å². The predicted octanol–water partition coefficient (Wildman–Crippen LogP) is 3.70. The number of hydrogen-bond donors (Lipinski definition) is 2. The van der Waals surface area contributed by atoms with Crippen molar-refractivity contribution in [2.45, 2.75) is 57.9 Å². The molecule has 0 aliphatic carbocycles. The molecule has 0 spiro atoms. The van der Waals surface area contributed by atoms with Crippen molar-refractivity contribution < 1.29 is 4.79 Å². The molecule has 0 radical (unpaired) electrons. The first-order chi connectivity index (χ1) is 9.08. The first kappa shape index (κ1) is 15.5. The molecule has 1 aromatic carbocycles. The van der Waals surface area contributed by atoms with Crippen LogP contribution in [0.4, 0.5) is 5.69 Å². The Bertz CT molecular complexity index is 378. The molecule has 106 valence electrons. The van der Waals surface area contributed by atoms with E-state index in [4.69, 9.17) is 5.73 Å². The lowest BCUT2D eigenvalue weighted by atomic mass is 9.92. The molecule has 0 aromatic heterocycles. The van der Waals surface area contributed by atoms with Crippen LogP contribution in [0, 0.1) is 0 Å². The maximum atomic E-state index is 11.7. The molecule has 3 N–H and O–H groups in total. The molecule has 19 heavy (non-hydrogen) atoms. The van der Waals surface area contributed by atoms with Crippen LogP contribution in [0.2, 0.25) is 0 Å². The summed E-state index contributed by atoms with van der Waals surface area (Å²) < 4.78 is 0. The van der Waals surface area contributed by atoms with Crippen LogP contribution in [0.5, 0.6) is 0 Å². The minimum atomic E-state index is -0.659. The lowest BCUT2D eigenvalue weighted by molar-refractivity contribution is -0.122. The zero-order valence-electron chi connectivity index (χ0n) is 12.1. The minimum absolute atomic E-state index is 0.285. The van der Waals surface area contributed by atoms with Crippen molar-refractivity contribution in [2.75, 3.05) is 5.32 Å². The van der Waals surface area contributed by atoms with Crippen LogP contribution in [0.3, 0.4) is 0 Å². The number of unbranched alkanes of at least 4 members (excludes halogenated alkanes) is 4. The number of nitrogens with one attached hydrogen (secondary N) is 1. The number of carbonyl (C=O) groups is 1. The first-order valence-corrected chi connectivity index (χ1v) is 7.21. The molecule has 0 bridgehead atoms. The normalized spacial score (nSPS) is 13.8. The summed E-state index contributed by atoms with van der Waals surface area (Å²) in [7, 11) is 0. The number of anilines is 1. The fraction of sp³-hybridized carbons (Fsp3) is 0.562. The highest BCUT2D eigenvalue weighted by Gasteiger charge is 2.30. The lowest BCUT2D eigenvalue weighted by Crippen LogP contribution is -2.47. The van der Waals surface area contributed by atoms with Gasteiger partial charge < -0.3 is 11.1 Å². The van der Waals surface area contributed by atoms with E-state index in [1.165, 1.54) is 19.3 Å². The Hall–Kier alpha value is -1.51. The number of nitrogens with two attached hydrogens (primary N) is 1. The predicted molar refractivity (Wildman–Crippen MR) is 81.0 cm³/mol. The minimum Gasteiger partial charge on any atom is -0.371 e. The maximum absolute atomic E-state index is 11.7. The van der Waals surface area contributed by atoms with Gasteiger partial charge in [-0.15, -0.1) is 0 Å². The zero-order valence-corrected chi connectivity index (χ0v) is 12.1. The van der Waals surface area contributed by atoms with Gasteiger partial charge in [0, 0.05) is 5.69 Å². The van der Waals surface area contributed by atoms with Crippen LogP contribution in [0.15, 0.2) is 30.3 Å². The quantitative estimate of drug-likeness (QED) is 0.667. The van der Waals surface area contributed by atoms with Crippen molar-refractivity contribution in [1.82, 2.24) is 0 Å². The SMILES string of the molecule is CCCCCCCC(C)(Nc1ccccc1)C(N)=O. The van der Waals surface area contributed by atoms with Crippen molar-refractivity contribution in [3.05, 3.63) is 30.3 Å². The molecule has 1 unspecified atom stereocenters. The number of carbonyl (C=O) groups excluding carboxylic acids is 1.